The summed E-state index contributed by atoms with van der Waals surface area (Å²) < 4.78 is 29.2. The summed E-state index contributed by atoms with van der Waals surface area (Å²) in [6.45, 7) is 3.12. The van der Waals surface area contributed by atoms with Gasteiger partial charge in [0.2, 0.25) is 11.8 Å². The molecule has 0 saturated heterocycles. The molecular weight excluding hydrogens is 571 g/mol. The van der Waals surface area contributed by atoms with Crippen LogP contribution in [0.3, 0.4) is 0 Å². The van der Waals surface area contributed by atoms with E-state index in [1.807, 2.05) is 49.4 Å². The maximum absolute atomic E-state index is 14.2. The molecule has 1 atom stereocenters. The minimum absolute atomic E-state index is 0.00327. The zero-order valence-electron chi connectivity index (χ0n) is 23.2. The second-order valence-electron chi connectivity index (χ2n) is 9.68. The standard InChI is InChI=1S/C29H34Cl2N4O4S/c1-20-11-12-21(2)26(15-20)35(40(38,39)33(4)5)19-28(36)34(18-23-13-14-24(30)25(31)16-23)27(29(37)32-3)17-22-9-7-6-8-10-22/h6-16,27H,17-19H2,1-5H3,(H,32,37)/t27-/m1/s1. The van der Waals surface area contributed by atoms with Crippen molar-refractivity contribution in [3.05, 3.63) is 99.0 Å². The maximum atomic E-state index is 14.2. The predicted molar refractivity (Wildman–Crippen MR) is 161 cm³/mol. The van der Waals surface area contributed by atoms with Crippen molar-refractivity contribution in [3.8, 4) is 0 Å². The lowest BCUT2D eigenvalue weighted by Gasteiger charge is -2.34. The van der Waals surface area contributed by atoms with E-state index in [0.29, 0.717) is 26.9 Å². The summed E-state index contributed by atoms with van der Waals surface area (Å²) in [6, 6.07) is 18.8. The zero-order chi connectivity index (χ0) is 29.6. The van der Waals surface area contributed by atoms with Crippen LogP contribution in [0.5, 0.6) is 0 Å². The first kappa shape index (κ1) is 31.4. The van der Waals surface area contributed by atoms with E-state index in [0.717, 1.165) is 19.7 Å². The van der Waals surface area contributed by atoms with Gasteiger partial charge in [-0.3, -0.25) is 9.59 Å². The van der Waals surface area contributed by atoms with Gasteiger partial charge in [-0.1, -0.05) is 71.7 Å². The van der Waals surface area contributed by atoms with Crippen LogP contribution in [-0.4, -0.2) is 63.2 Å². The molecule has 214 valence electrons. The molecule has 2 amide bonds. The molecule has 11 heteroatoms. The first-order valence-electron chi connectivity index (χ1n) is 12.6. The Morgan fingerprint density at radius 2 is 1.57 bits per heavy atom. The monoisotopic (exact) mass is 604 g/mol. The summed E-state index contributed by atoms with van der Waals surface area (Å²) in [7, 11) is 0.247. The van der Waals surface area contributed by atoms with Crippen molar-refractivity contribution in [3.63, 3.8) is 0 Å². The second-order valence-corrected chi connectivity index (χ2v) is 12.6. The molecule has 3 rings (SSSR count). The van der Waals surface area contributed by atoms with E-state index in [-0.39, 0.29) is 18.9 Å². The van der Waals surface area contributed by atoms with Crippen LogP contribution in [-0.2, 0) is 32.8 Å². The normalized spacial score (nSPS) is 12.2. The molecule has 0 heterocycles. The summed E-state index contributed by atoms with van der Waals surface area (Å²) in [5.41, 5.74) is 3.39. The molecule has 0 aromatic heterocycles. The van der Waals surface area contributed by atoms with E-state index in [4.69, 9.17) is 23.2 Å². The van der Waals surface area contributed by atoms with Crippen molar-refractivity contribution in [1.29, 1.82) is 0 Å². The van der Waals surface area contributed by atoms with Crippen molar-refractivity contribution >= 4 is 50.9 Å². The third kappa shape index (κ3) is 7.54. The molecule has 40 heavy (non-hydrogen) atoms. The van der Waals surface area contributed by atoms with Crippen molar-refractivity contribution in [2.75, 3.05) is 32.0 Å². The molecule has 8 nitrogen and oxygen atoms in total. The number of halogens is 2. The second kappa shape index (κ2) is 13.5. The third-order valence-electron chi connectivity index (χ3n) is 6.51. The largest absolute Gasteiger partial charge is 0.357 e. The Hall–Kier alpha value is -3.11. The van der Waals surface area contributed by atoms with Crippen molar-refractivity contribution in [1.82, 2.24) is 14.5 Å². The van der Waals surface area contributed by atoms with Crippen LogP contribution in [0, 0.1) is 13.8 Å². The number of benzene rings is 3. The highest BCUT2D eigenvalue weighted by Gasteiger charge is 2.35. The number of hydrogen-bond acceptors (Lipinski definition) is 4. The average molecular weight is 606 g/mol. The van der Waals surface area contributed by atoms with Crippen molar-refractivity contribution in [2.24, 2.45) is 0 Å². The van der Waals surface area contributed by atoms with Crippen LogP contribution >= 0.6 is 23.2 Å². The highest BCUT2D eigenvalue weighted by molar-refractivity contribution is 7.90. The molecule has 0 aliphatic rings. The number of nitrogens with zero attached hydrogens (tertiary/aromatic N) is 3. The number of amides is 2. The molecule has 0 unspecified atom stereocenters. The number of likely N-dealkylation sites (N-methyl/N-ethyl adjacent to an activating group) is 1. The summed E-state index contributed by atoms with van der Waals surface area (Å²) in [4.78, 5) is 28.8. The topological polar surface area (TPSA) is 90.0 Å². The minimum Gasteiger partial charge on any atom is -0.357 e. The van der Waals surface area contributed by atoms with E-state index in [1.165, 1.54) is 26.0 Å². The van der Waals surface area contributed by atoms with Crippen LogP contribution < -0.4 is 9.62 Å². The highest BCUT2D eigenvalue weighted by Crippen LogP contribution is 2.27. The van der Waals surface area contributed by atoms with Gasteiger partial charge in [-0.15, -0.1) is 0 Å². The Labute approximate surface area is 246 Å². The van der Waals surface area contributed by atoms with Gasteiger partial charge in [0.15, 0.2) is 0 Å². The molecule has 0 saturated carbocycles. The lowest BCUT2D eigenvalue weighted by atomic mass is 10.0. The van der Waals surface area contributed by atoms with E-state index < -0.39 is 28.7 Å². The zero-order valence-corrected chi connectivity index (χ0v) is 25.5. The summed E-state index contributed by atoms with van der Waals surface area (Å²) in [5.74, 6) is -0.937. The van der Waals surface area contributed by atoms with Gasteiger partial charge in [0.25, 0.3) is 0 Å². The van der Waals surface area contributed by atoms with E-state index in [2.05, 4.69) is 5.32 Å². The molecule has 3 aromatic carbocycles. The van der Waals surface area contributed by atoms with Crippen molar-refractivity contribution in [2.45, 2.75) is 32.9 Å². The number of carbonyl (C=O) groups excluding carboxylic acids is 2. The maximum Gasteiger partial charge on any atom is 0.304 e. The molecule has 3 aromatic rings. The van der Waals surface area contributed by atoms with Gasteiger partial charge >= 0.3 is 10.2 Å². The van der Waals surface area contributed by atoms with Gasteiger partial charge in [-0.2, -0.15) is 12.7 Å². The quantitative estimate of drug-likeness (QED) is 0.346. The Kier molecular flexibility index (Phi) is 10.6. The SMILES string of the molecule is CNC(=O)[C@@H](Cc1ccccc1)N(Cc1ccc(Cl)c(Cl)c1)C(=O)CN(c1cc(C)ccc1C)S(=O)(=O)N(C)C. The van der Waals surface area contributed by atoms with Gasteiger partial charge in [-0.25, -0.2) is 4.31 Å². The van der Waals surface area contributed by atoms with E-state index in [1.54, 1.807) is 31.2 Å². The van der Waals surface area contributed by atoms with Gasteiger partial charge in [0.05, 0.1) is 15.7 Å². The fourth-order valence-electron chi connectivity index (χ4n) is 4.25. The fraction of sp³-hybridized carbons (Fsp3) is 0.310. The number of carbonyl (C=O) groups is 2. The van der Waals surface area contributed by atoms with Gasteiger partial charge in [0.1, 0.15) is 12.6 Å². The summed E-state index contributed by atoms with van der Waals surface area (Å²) >= 11 is 12.4. The van der Waals surface area contributed by atoms with Crippen LogP contribution in [0.15, 0.2) is 66.7 Å². The van der Waals surface area contributed by atoms with Crippen molar-refractivity contribution < 1.29 is 18.0 Å². The molecule has 0 aliphatic carbocycles. The summed E-state index contributed by atoms with van der Waals surface area (Å²) in [6.07, 6.45) is 0.220. The van der Waals surface area contributed by atoms with Gasteiger partial charge in [0, 0.05) is 34.1 Å². The molecule has 0 fully saturated rings. The smallest absolute Gasteiger partial charge is 0.304 e. The molecular formula is C29H34Cl2N4O4S. The molecule has 0 bridgehead atoms. The molecule has 0 spiro atoms. The first-order valence-corrected chi connectivity index (χ1v) is 14.8. The van der Waals surface area contributed by atoms with Crippen LogP contribution in [0.1, 0.15) is 22.3 Å². The third-order valence-corrected chi connectivity index (χ3v) is 9.05. The lowest BCUT2D eigenvalue weighted by molar-refractivity contribution is -0.139. The summed E-state index contributed by atoms with van der Waals surface area (Å²) in [5, 5.41) is 3.32. The number of hydrogen-bond donors (Lipinski definition) is 1. The number of nitrogens with one attached hydrogen (secondary N) is 1. The Morgan fingerprint density at radius 1 is 0.900 bits per heavy atom. The van der Waals surface area contributed by atoms with E-state index in [9.17, 15) is 18.0 Å². The number of anilines is 1. The molecule has 1 N–H and O–H groups in total. The Balaban J connectivity index is 2.12. The highest BCUT2D eigenvalue weighted by atomic mass is 35.5. The Bertz CT molecular complexity index is 1470. The predicted octanol–water partition coefficient (Wildman–Crippen LogP) is 4.61. The Morgan fingerprint density at radius 3 is 2.17 bits per heavy atom. The molecule has 0 radical (unpaired) electrons. The van der Waals surface area contributed by atoms with Crippen LogP contribution in [0.2, 0.25) is 10.0 Å². The number of rotatable bonds is 11. The first-order chi connectivity index (χ1) is 18.8. The lowest BCUT2D eigenvalue weighted by Crippen LogP contribution is -2.54. The minimum atomic E-state index is -4.08. The van der Waals surface area contributed by atoms with Gasteiger partial charge < -0.3 is 10.2 Å². The van der Waals surface area contributed by atoms with Gasteiger partial charge in [-0.05, 0) is 54.3 Å². The molecule has 0 aliphatic heterocycles. The van der Waals surface area contributed by atoms with Crippen LogP contribution in [0.25, 0.3) is 0 Å². The fourth-order valence-corrected chi connectivity index (χ4v) is 5.68. The number of aryl methyl sites for hydroxylation is 2. The van der Waals surface area contributed by atoms with Crippen LogP contribution in [0.4, 0.5) is 5.69 Å². The average Bonchev–Trinajstić information content (AvgIpc) is 2.92. The van der Waals surface area contributed by atoms with E-state index >= 15 is 0 Å².